The first-order valence-electron chi connectivity index (χ1n) is 10.5. The molecule has 0 atom stereocenters. The van der Waals surface area contributed by atoms with E-state index >= 15 is 0 Å². The molecule has 0 spiro atoms. The molecule has 2 aromatic carbocycles. The molecule has 0 radical (unpaired) electrons. The van der Waals surface area contributed by atoms with Gasteiger partial charge in [-0.2, -0.15) is 0 Å². The molecule has 9 heteroatoms. The van der Waals surface area contributed by atoms with Gasteiger partial charge in [-0.1, -0.05) is 41.7 Å². The van der Waals surface area contributed by atoms with Crippen molar-refractivity contribution >= 4 is 28.3 Å². The molecule has 4 rings (SSSR count). The van der Waals surface area contributed by atoms with E-state index in [-0.39, 0.29) is 19.1 Å². The number of thiazole rings is 1. The molecular formula is C24H24N2O6S. The summed E-state index contributed by atoms with van der Waals surface area (Å²) in [4.78, 5) is 32.5. The van der Waals surface area contributed by atoms with E-state index < -0.39 is 5.97 Å². The van der Waals surface area contributed by atoms with Crippen LogP contribution in [0.25, 0.3) is 0 Å². The summed E-state index contributed by atoms with van der Waals surface area (Å²) in [6, 6.07) is 12.8. The Kier molecular flexibility index (Phi) is 6.79. The smallest absolute Gasteiger partial charge is 0.350 e. The summed E-state index contributed by atoms with van der Waals surface area (Å²) in [6.07, 6.45) is 0. The van der Waals surface area contributed by atoms with Gasteiger partial charge in [0.25, 0.3) is 5.91 Å². The molecule has 0 fully saturated rings. The molecule has 33 heavy (non-hydrogen) atoms. The number of hydrogen-bond donors (Lipinski definition) is 0. The van der Waals surface area contributed by atoms with Crippen LogP contribution in [0, 0.1) is 6.92 Å². The van der Waals surface area contributed by atoms with Crippen LogP contribution in [0.5, 0.6) is 17.2 Å². The standard InChI is InChI=1S/C24H24N2O6S/c1-4-30-23(28)21-15(2)25-24(33-21)26(14-16-8-6-5-7-9-16)22(27)17-12-18(29-3)20-19(13-17)31-10-11-32-20/h5-9,12-13H,4,10-11,14H2,1-3H3. The zero-order valence-electron chi connectivity index (χ0n) is 18.6. The largest absolute Gasteiger partial charge is 0.493 e. The Bertz CT molecular complexity index is 1140. The molecule has 0 N–H and O–H groups in total. The van der Waals surface area contributed by atoms with Gasteiger partial charge in [0, 0.05) is 5.56 Å². The second-order valence-corrected chi connectivity index (χ2v) is 8.19. The number of fused-ring (bicyclic) bond motifs is 1. The lowest BCUT2D eigenvalue weighted by Gasteiger charge is -2.24. The van der Waals surface area contributed by atoms with Crippen molar-refractivity contribution in [3.63, 3.8) is 0 Å². The molecule has 0 bridgehead atoms. The number of methoxy groups -OCH3 is 1. The molecular weight excluding hydrogens is 444 g/mol. The fraction of sp³-hybridized carbons (Fsp3) is 0.292. The van der Waals surface area contributed by atoms with Crippen LogP contribution < -0.4 is 19.1 Å². The molecule has 0 unspecified atom stereocenters. The Morgan fingerprint density at radius 1 is 1.15 bits per heavy atom. The van der Waals surface area contributed by atoms with Gasteiger partial charge in [-0.3, -0.25) is 9.69 Å². The Morgan fingerprint density at radius 3 is 2.64 bits per heavy atom. The number of amides is 1. The second-order valence-electron chi connectivity index (χ2n) is 7.21. The first-order chi connectivity index (χ1) is 16.0. The zero-order chi connectivity index (χ0) is 23.4. The molecule has 1 aliphatic rings. The number of nitrogens with zero attached hydrogens (tertiary/aromatic N) is 2. The topological polar surface area (TPSA) is 87.2 Å². The molecule has 8 nitrogen and oxygen atoms in total. The lowest BCUT2D eigenvalue weighted by Crippen LogP contribution is -2.30. The van der Waals surface area contributed by atoms with E-state index in [2.05, 4.69) is 4.98 Å². The van der Waals surface area contributed by atoms with Crippen LogP contribution in [0.15, 0.2) is 42.5 Å². The van der Waals surface area contributed by atoms with Crippen molar-refractivity contribution in [1.29, 1.82) is 0 Å². The highest BCUT2D eigenvalue weighted by Crippen LogP contribution is 2.41. The third kappa shape index (κ3) is 4.78. The Labute approximate surface area is 195 Å². The van der Waals surface area contributed by atoms with Crippen LogP contribution in [-0.4, -0.2) is 43.8 Å². The van der Waals surface area contributed by atoms with Crippen LogP contribution >= 0.6 is 11.3 Å². The van der Waals surface area contributed by atoms with E-state index in [4.69, 9.17) is 18.9 Å². The van der Waals surface area contributed by atoms with Gasteiger partial charge in [0.05, 0.1) is 26.0 Å². The number of carbonyl (C=O) groups is 2. The minimum absolute atomic E-state index is 0.259. The van der Waals surface area contributed by atoms with Gasteiger partial charge in [-0.15, -0.1) is 0 Å². The van der Waals surface area contributed by atoms with Gasteiger partial charge in [0.2, 0.25) is 5.75 Å². The predicted molar refractivity (Wildman–Crippen MR) is 124 cm³/mol. The van der Waals surface area contributed by atoms with Crippen molar-refractivity contribution in [1.82, 2.24) is 4.98 Å². The maximum atomic E-state index is 13.7. The SMILES string of the molecule is CCOC(=O)c1sc(N(Cc2ccccc2)C(=O)c2cc(OC)c3c(c2)OCCO3)nc1C. The lowest BCUT2D eigenvalue weighted by molar-refractivity contribution is 0.0531. The van der Waals surface area contributed by atoms with Crippen LogP contribution in [-0.2, 0) is 11.3 Å². The summed E-state index contributed by atoms with van der Waals surface area (Å²) in [7, 11) is 1.51. The van der Waals surface area contributed by atoms with Crippen LogP contribution in [0.3, 0.4) is 0 Å². The van der Waals surface area contributed by atoms with Crippen molar-refractivity contribution in [2.75, 3.05) is 31.8 Å². The summed E-state index contributed by atoms with van der Waals surface area (Å²) >= 11 is 1.13. The number of carbonyl (C=O) groups excluding carboxylic acids is 2. The number of ether oxygens (including phenoxy) is 4. The van der Waals surface area contributed by atoms with Crippen LogP contribution in [0.1, 0.15) is 38.2 Å². The molecule has 1 aliphatic heterocycles. The Morgan fingerprint density at radius 2 is 1.91 bits per heavy atom. The minimum Gasteiger partial charge on any atom is -0.493 e. The number of benzene rings is 2. The molecule has 172 valence electrons. The normalized spacial score (nSPS) is 12.2. The molecule has 1 amide bonds. The van der Waals surface area contributed by atoms with Crippen molar-refractivity contribution in [3.8, 4) is 17.2 Å². The average molecular weight is 469 g/mol. The summed E-state index contributed by atoms with van der Waals surface area (Å²) in [6.45, 7) is 4.79. The number of anilines is 1. The summed E-state index contributed by atoms with van der Waals surface area (Å²) in [5.41, 5.74) is 1.79. The van der Waals surface area contributed by atoms with Crippen molar-refractivity contribution in [3.05, 3.63) is 64.2 Å². The van der Waals surface area contributed by atoms with Gasteiger partial charge in [0.15, 0.2) is 16.6 Å². The summed E-state index contributed by atoms with van der Waals surface area (Å²) < 4.78 is 21.9. The maximum Gasteiger partial charge on any atom is 0.350 e. The first-order valence-corrected chi connectivity index (χ1v) is 11.3. The highest BCUT2D eigenvalue weighted by molar-refractivity contribution is 7.17. The lowest BCUT2D eigenvalue weighted by atomic mass is 10.1. The molecule has 0 saturated carbocycles. The first kappa shape index (κ1) is 22.6. The van der Waals surface area contributed by atoms with E-state index in [1.165, 1.54) is 7.11 Å². The van der Waals surface area contributed by atoms with Crippen molar-refractivity contribution < 1.29 is 28.5 Å². The second kappa shape index (κ2) is 9.91. The zero-order valence-corrected chi connectivity index (χ0v) is 19.4. The van der Waals surface area contributed by atoms with Gasteiger partial charge in [-0.05, 0) is 31.5 Å². The van der Waals surface area contributed by atoms with Crippen LogP contribution in [0.4, 0.5) is 5.13 Å². The fourth-order valence-corrected chi connectivity index (χ4v) is 4.39. The number of rotatable bonds is 7. The number of hydrogen-bond acceptors (Lipinski definition) is 8. The summed E-state index contributed by atoms with van der Waals surface area (Å²) in [5.74, 6) is 0.582. The monoisotopic (exact) mass is 468 g/mol. The number of aryl methyl sites for hydroxylation is 1. The van der Waals surface area contributed by atoms with Crippen molar-refractivity contribution in [2.24, 2.45) is 0 Å². The Hall–Kier alpha value is -3.59. The van der Waals surface area contributed by atoms with E-state index in [0.717, 1.165) is 16.9 Å². The highest BCUT2D eigenvalue weighted by Gasteiger charge is 2.28. The third-order valence-corrected chi connectivity index (χ3v) is 6.14. The van der Waals surface area contributed by atoms with Gasteiger partial charge >= 0.3 is 5.97 Å². The molecule has 0 saturated heterocycles. The minimum atomic E-state index is -0.452. The maximum absolute atomic E-state index is 13.7. The molecule has 2 heterocycles. The van der Waals surface area contributed by atoms with Crippen LogP contribution in [0.2, 0.25) is 0 Å². The van der Waals surface area contributed by atoms with Gasteiger partial charge in [-0.25, -0.2) is 9.78 Å². The van der Waals surface area contributed by atoms with E-state index in [1.54, 1.807) is 30.9 Å². The molecule has 3 aromatic rings. The van der Waals surface area contributed by atoms with Gasteiger partial charge in [0.1, 0.15) is 18.1 Å². The van der Waals surface area contributed by atoms with E-state index in [9.17, 15) is 9.59 Å². The van der Waals surface area contributed by atoms with E-state index in [1.807, 2.05) is 30.3 Å². The predicted octanol–water partition coefficient (Wildman–Crippen LogP) is 4.26. The number of aromatic nitrogens is 1. The quantitative estimate of drug-likeness (QED) is 0.479. The van der Waals surface area contributed by atoms with Gasteiger partial charge < -0.3 is 18.9 Å². The molecule has 0 aliphatic carbocycles. The molecule has 1 aromatic heterocycles. The fourth-order valence-electron chi connectivity index (χ4n) is 3.43. The number of esters is 1. The third-order valence-electron chi connectivity index (χ3n) is 4.98. The van der Waals surface area contributed by atoms with E-state index in [0.29, 0.717) is 51.7 Å². The summed E-state index contributed by atoms with van der Waals surface area (Å²) in [5, 5.41) is 0.401. The van der Waals surface area contributed by atoms with Crippen molar-refractivity contribution in [2.45, 2.75) is 20.4 Å². The highest BCUT2D eigenvalue weighted by atomic mass is 32.1. The Balaban J connectivity index is 1.75. The average Bonchev–Trinajstić information content (AvgIpc) is 3.23.